The average molecular weight is 332 g/mol. The van der Waals surface area contributed by atoms with Crippen LogP contribution in [-0.4, -0.2) is 35.3 Å². The summed E-state index contributed by atoms with van der Waals surface area (Å²) in [6.45, 7) is 0. The lowest BCUT2D eigenvalue weighted by atomic mass is 9.93. The zero-order valence-electron chi connectivity index (χ0n) is 13.0. The highest BCUT2D eigenvalue weighted by Crippen LogP contribution is 2.28. The minimum atomic E-state index is -0.193. The Hall–Kier alpha value is -1.99. The summed E-state index contributed by atoms with van der Waals surface area (Å²) >= 11 is 1.45. The molecule has 2 heterocycles. The minimum absolute atomic E-state index is 0.193. The Kier molecular flexibility index (Phi) is 5.19. The number of carbonyl (C=O) groups is 1. The van der Waals surface area contributed by atoms with Crippen molar-refractivity contribution in [2.75, 3.05) is 12.4 Å². The largest absolute Gasteiger partial charge is 0.381 e. The van der Waals surface area contributed by atoms with Gasteiger partial charge in [-0.15, -0.1) is 0 Å². The summed E-state index contributed by atoms with van der Waals surface area (Å²) in [7, 11) is 1.74. The summed E-state index contributed by atoms with van der Waals surface area (Å²) in [5.41, 5.74) is 1.05. The molecule has 1 aliphatic carbocycles. The number of hydrogen-bond acceptors (Lipinski definition) is 5. The van der Waals surface area contributed by atoms with Crippen LogP contribution < -0.4 is 10.6 Å². The van der Waals surface area contributed by atoms with Gasteiger partial charge in [0.2, 0.25) is 0 Å². The summed E-state index contributed by atoms with van der Waals surface area (Å²) in [4.78, 5) is 21.3. The first-order valence-electron chi connectivity index (χ1n) is 7.71. The molecule has 2 aromatic heterocycles. The van der Waals surface area contributed by atoms with E-state index >= 15 is 0 Å². The van der Waals surface area contributed by atoms with E-state index in [1.54, 1.807) is 25.7 Å². The SMILES string of the molecule is COC1CCC(NC(=O)Nc2ncc(-c3ccncc3)s2)CC1. The first-order chi connectivity index (χ1) is 11.2. The van der Waals surface area contributed by atoms with Gasteiger partial charge in [0.1, 0.15) is 0 Å². The second-order valence-corrected chi connectivity index (χ2v) is 6.60. The van der Waals surface area contributed by atoms with Gasteiger partial charge in [0.25, 0.3) is 0 Å². The molecule has 0 saturated heterocycles. The zero-order chi connectivity index (χ0) is 16.1. The van der Waals surface area contributed by atoms with E-state index in [4.69, 9.17) is 4.74 Å². The van der Waals surface area contributed by atoms with Crippen LogP contribution in [0.25, 0.3) is 10.4 Å². The molecular weight excluding hydrogens is 312 g/mol. The zero-order valence-corrected chi connectivity index (χ0v) is 13.8. The van der Waals surface area contributed by atoms with Gasteiger partial charge >= 0.3 is 6.03 Å². The molecule has 0 spiro atoms. The van der Waals surface area contributed by atoms with Gasteiger partial charge in [-0.3, -0.25) is 10.3 Å². The van der Waals surface area contributed by atoms with Crippen molar-refractivity contribution in [1.29, 1.82) is 0 Å². The number of amides is 2. The monoisotopic (exact) mass is 332 g/mol. The van der Waals surface area contributed by atoms with Crippen molar-refractivity contribution in [2.45, 2.75) is 37.8 Å². The van der Waals surface area contributed by atoms with E-state index in [0.29, 0.717) is 11.2 Å². The number of pyridine rings is 1. The number of anilines is 1. The summed E-state index contributed by atoms with van der Waals surface area (Å²) in [5, 5.41) is 6.42. The smallest absolute Gasteiger partial charge is 0.321 e. The molecule has 6 nitrogen and oxygen atoms in total. The third-order valence-corrected chi connectivity index (χ3v) is 5.00. The highest BCUT2D eigenvalue weighted by atomic mass is 32.1. The number of ether oxygens (including phenoxy) is 1. The van der Waals surface area contributed by atoms with Crippen LogP contribution in [0.3, 0.4) is 0 Å². The quantitative estimate of drug-likeness (QED) is 0.901. The molecule has 0 radical (unpaired) electrons. The fourth-order valence-corrected chi connectivity index (χ4v) is 3.56. The standard InChI is InChI=1S/C16H20N4O2S/c1-22-13-4-2-12(3-5-13)19-15(21)20-16-18-10-14(23-16)11-6-8-17-9-7-11/h6-10,12-13H,2-5H2,1H3,(H2,18,19,20,21). The molecule has 3 rings (SSSR count). The molecule has 0 atom stereocenters. The second-order valence-electron chi connectivity index (χ2n) is 5.57. The molecule has 122 valence electrons. The summed E-state index contributed by atoms with van der Waals surface area (Å²) in [6, 6.07) is 3.86. The molecule has 2 aromatic rings. The van der Waals surface area contributed by atoms with Crippen molar-refractivity contribution >= 4 is 22.5 Å². The molecule has 0 unspecified atom stereocenters. The normalized spacial score (nSPS) is 20.9. The number of methoxy groups -OCH3 is 1. The third kappa shape index (κ3) is 4.27. The summed E-state index contributed by atoms with van der Waals surface area (Å²) < 4.78 is 5.34. The molecule has 0 aromatic carbocycles. The van der Waals surface area contributed by atoms with Gasteiger partial charge in [-0.1, -0.05) is 11.3 Å². The Morgan fingerprint density at radius 2 is 2.00 bits per heavy atom. The van der Waals surface area contributed by atoms with Gasteiger partial charge in [0.15, 0.2) is 5.13 Å². The molecule has 2 N–H and O–H groups in total. The molecule has 1 aliphatic rings. The van der Waals surface area contributed by atoms with Crippen LogP contribution in [0.1, 0.15) is 25.7 Å². The molecule has 2 amide bonds. The van der Waals surface area contributed by atoms with Crippen molar-refractivity contribution in [3.63, 3.8) is 0 Å². The van der Waals surface area contributed by atoms with Crippen LogP contribution in [0.4, 0.5) is 9.93 Å². The van der Waals surface area contributed by atoms with Crippen molar-refractivity contribution in [3.8, 4) is 10.4 Å². The van der Waals surface area contributed by atoms with Crippen LogP contribution in [-0.2, 0) is 4.74 Å². The Balaban J connectivity index is 1.52. The van der Waals surface area contributed by atoms with Gasteiger partial charge in [0, 0.05) is 31.7 Å². The Bertz CT molecular complexity index is 639. The van der Waals surface area contributed by atoms with Crippen molar-refractivity contribution in [3.05, 3.63) is 30.7 Å². The van der Waals surface area contributed by atoms with Gasteiger partial charge in [-0.25, -0.2) is 9.78 Å². The molecule has 23 heavy (non-hydrogen) atoms. The number of carbonyl (C=O) groups excluding carboxylic acids is 1. The molecule has 0 aliphatic heterocycles. The van der Waals surface area contributed by atoms with E-state index in [0.717, 1.165) is 36.1 Å². The predicted octanol–water partition coefficient (Wildman–Crippen LogP) is 3.28. The first-order valence-corrected chi connectivity index (χ1v) is 8.53. The maximum Gasteiger partial charge on any atom is 0.321 e. The molecule has 7 heteroatoms. The average Bonchev–Trinajstić information content (AvgIpc) is 3.04. The number of hydrogen-bond donors (Lipinski definition) is 2. The van der Waals surface area contributed by atoms with Gasteiger partial charge in [0.05, 0.1) is 11.0 Å². The first kappa shape index (κ1) is 15.9. The third-order valence-electron chi connectivity index (χ3n) is 4.03. The number of thiazole rings is 1. The van der Waals surface area contributed by atoms with Crippen molar-refractivity contribution < 1.29 is 9.53 Å². The number of urea groups is 1. The molecule has 1 saturated carbocycles. The van der Waals surface area contributed by atoms with Gasteiger partial charge in [-0.2, -0.15) is 0 Å². The lowest BCUT2D eigenvalue weighted by molar-refractivity contribution is 0.0638. The highest BCUT2D eigenvalue weighted by Gasteiger charge is 2.22. The lowest BCUT2D eigenvalue weighted by Crippen LogP contribution is -2.41. The van der Waals surface area contributed by atoms with E-state index in [1.807, 2.05) is 12.1 Å². The Labute approximate surface area is 139 Å². The minimum Gasteiger partial charge on any atom is -0.381 e. The van der Waals surface area contributed by atoms with Crippen LogP contribution in [0.15, 0.2) is 30.7 Å². The maximum absolute atomic E-state index is 12.1. The highest BCUT2D eigenvalue weighted by molar-refractivity contribution is 7.19. The molecular formula is C16H20N4O2S. The molecule has 1 fully saturated rings. The van der Waals surface area contributed by atoms with E-state index in [1.165, 1.54) is 11.3 Å². The topological polar surface area (TPSA) is 76.1 Å². The molecule has 0 bridgehead atoms. The van der Waals surface area contributed by atoms with E-state index < -0.39 is 0 Å². The van der Waals surface area contributed by atoms with Crippen LogP contribution in [0.2, 0.25) is 0 Å². The van der Waals surface area contributed by atoms with E-state index in [2.05, 4.69) is 20.6 Å². The summed E-state index contributed by atoms with van der Waals surface area (Å²) in [6.07, 6.45) is 9.46. The van der Waals surface area contributed by atoms with E-state index in [-0.39, 0.29) is 12.1 Å². The number of aromatic nitrogens is 2. The van der Waals surface area contributed by atoms with Crippen molar-refractivity contribution in [2.24, 2.45) is 0 Å². The Morgan fingerprint density at radius 1 is 1.26 bits per heavy atom. The number of nitrogens with zero attached hydrogens (tertiary/aromatic N) is 2. The number of rotatable bonds is 4. The predicted molar refractivity (Wildman–Crippen MR) is 90.6 cm³/mol. The van der Waals surface area contributed by atoms with Gasteiger partial charge < -0.3 is 10.1 Å². The summed E-state index contributed by atoms with van der Waals surface area (Å²) in [5.74, 6) is 0. The fraction of sp³-hybridized carbons (Fsp3) is 0.438. The lowest BCUT2D eigenvalue weighted by Gasteiger charge is -2.28. The van der Waals surface area contributed by atoms with Crippen LogP contribution >= 0.6 is 11.3 Å². The fourth-order valence-electron chi connectivity index (χ4n) is 2.74. The second kappa shape index (κ2) is 7.52. The van der Waals surface area contributed by atoms with Gasteiger partial charge in [-0.05, 0) is 43.4 Å². The van der Waals surface area contributed by atoms with Crippen molar-refractivity contribution in [1.82, 2.24) is 15.3 Å². The Morgan fingerprint density at radius 3 is 2.70 bits per heavy atom. The van der Waals surface area contributed by atoms with E-state index in [9.17, 15) is 4.79 Å². The van der Waals surface area contributed by atoms with Crippen LogP contribution in [0.5, 0.6) is 0 Å². The maximum atomic E-state index is 12.1. The number of nitrogens with one attached hydrogen (secondary N) is 2. The van der Waals surface area contributed by atoms with Crippen LogP contribution in [0, 0.1) is 0 Å².